The first-order valence-electron chi connectivity index (χ1n) is 11.1. The number of hydrogen-bond acceptors (Lipinski definition) is 5. The first kappa shape index (κ1) is 24.9. The molecule has 1 unspecified atom stereocenters. The average Bonchev–Trinajstić information content (AvgIpc) is 2.76. The highest BCUT2D eigenvalue weighted by Gasteiger charge is 2.36. The second-order valence-electron chi connectivity index (χ2n) is 8.87. The second kappa shape index (κ2) is 10.1. The third kappa shape index (κ3) is 5.45. The zero-order chi connectivity index (χ0) is 24.3. The monoisotopic (exact) mass is 472 g/mol. The summed E-state index contributed by atoms with van der Waals surface area (Å²) in [6.07, 6.45) is -0.326. The first-order chi connectivity index (χ1) is 15.5. The molecule has 3 rings (SSSR count). The van der Waals surface area contributed by atoms with Gasteiger partial charge in [-0.25, -0.2) is 8.42 Å². The van der Waals surface area contributed by atoms with Gasteiger partial charge < -0.3 is 9.64 Å². The molecule has 1 atom stereocenters. The van der Waals surface area contributed by atoms with Crippen LogP contribution in [0.3, 0.4) is 0 Å². The van der Waals surface area contributed by atoms with Gasteiger partial charge in [0.2, 0.25) is 16.1 Å². The molecule has 1 fully saturated rings. The summed E-state index contributed by atoms with van der Waals surface area (Å²) in [6.45, 7) is 6.02. The van der Waals surface area contributed by atoms with Gasteiger partial charge >= 0.3 is 5.97 Å². The lowest BCUT2D eigenvalue weighted by molar-refractivity contribution is -0.164. The van der Waals surface area contributed by atoms with Gasteiger partial charge in [0.05, 0.1) is 10.8 Å². The Hall–Kier alpha value is -2.71. The molecule has 33 heavy (non-hydrogen) atoms. The number of nitrogens with zero attached hydrogens (tertiary/aromatic N) is 2. The number of carbonyl (C=O) groups excluding carboxylic acids is 2. The minimum Gasteiger partial charge on any atom is -0.447 e. The fraction of sp³-hybridized carbons (Fsp3) is 0.440. The molecule has 0 aliphatic carbocycles. The molecule has 7 nitrogen and oxygen atoms in total. The Morgan fingerprint density at radius 2 is 1.55 bits per heavy atom. The molecule has 0 saturated carbocycles. The van der Waals surface area contributed by atoms with Gasteiger partial charge in [0.25, 0.3) is 5.91 Å². The number of ether oxygens (including phenoxy) is 1. The number of likely N-dealkylation sites (N-methyl/N-ethyl adjacent to an activating group) is 1. The van der Waals surface area contributed by atoms with E-state index in [1.165, 1.54) is 9.21 Å². The largest absolute Gasteiger partial charge is 0.447 e. The molecular weight excluding hydrogens is 440 g/mol. The van der Waals surface area contributed by atoms with Crippen LogP contribution in [-0.4, -0.2) is 56.7 Å². The number of amides is 1. The zero-order valence-electron chi connectivity index (χ0n) is 19.9. The molecule has 1 amide bonds. The van der Waals surface area contributed by atoms with Gasteiger partial charge in [0.15, 0.2) is 0 Å². The molecule has 0 radical (unpaired) electrons. The van der Waals surface area contributed by atoms with Crippen molar-refractivity contribution in [3.8, 4) is 0 Å². The van der Waals surface area contributed by atoms with Crippen molar-refractivity contribution in [2.24, 2.45) is 5.92 Å². The van der Waals surface area contributed by atoms with Gasteiger partial charge in [0, 0.05) is 32.7 Å². The van der Waals surface area contributed by atoms with Crippen LogP contribution >= 0.6 is 0 Å². The molecule has 0 aromatic heterocycles. The van der Waals surface area contributed by atoms with Crippen LogP contribution in [0, 0.1) is 26.7 Å². The van der Waals surface area contributed by atoms with E-state index in [1.807, 2.05) is 39.0 Å². The van der Waals surface area contributed by atoms with E-state index in [9.17, 15) is 18.0 Å². The first-order valence-corrected chi connectivity index (χ1v) is 12.5. The lowest BCUT2D eigenvalue weighted by atomic mass is 9.98. The Morgan fingerprint density at radius 3 is 2.06 bits per heavy atom. The summed E-state index contributed by atoms with van der Waals surface area (Å²) in [5.74, 6) is -1.25. The van der Waals surface area contributed by atoms with E-state index < -0.39 is 28.0 Å². The summed E-state index contributed by atoms with van der Waals surface area (Å²) in [7, 11) is -0.428. The predicted molar refractivity (Wildman–Crippen MR) is 126 cm³/mol. The Bertz CT molecular complexity index is 1100. The third-order valence-corrected chi connectivity index (χ3v) is 8.20. The Kier molecular flexibility index (Phi) is 7.59. The molecule has 2 aromatic rings. The fourth-order valence-corrected chi connectivity index (χ4v) is 6.25. The number of carbonyl (C=O) groups is 2. The van der Waals surface area contributed by atoms with Gasteiger partial charge in [0.1, 0.15) is 0 Å². The van der Waals surface area contributed by atoms with Crippen LogP contribution < -0.4 is 0 Å². The highest BCUT2D eigenvalue weighted by atomic mass is 32.2. The van der Waals surface area contributed by atoms with Crippen LogP contribution in [0.2, 0.25) is 0 Å². The normalized spacial score (nSPS) is 16.3. The van der Waals surface area contributed by atoms with Crippen molar-refractivity contribution in [2.75, 3.05) is 27.2 Å². The number of esters is 1. The lowest BCUT2D eigenvalue weighted by Crippen LogP contribution is -2.41. The van der Waals surface area contributed by atoms with Crippen molar-refractivity contribution in [1.82, 2.24) is 9.21 Å². The third-order valence-electron chi connectivity index (χ3n) is 5.99. The van der Waals surface area contributed by atoms with E-state index in [4.69, 9.17) is 4.74 Å². The van der Waals surface area contributed by atoms with Crippen molar-refractivity contribution in [3.63, 3.8) is 0 Å². The predicted octanol–water partition coefficient (Wildman–Crippen LogP) is 3.39. The van der Waals surface area contributed by atoms with E-state index in [2.05, 4.69) is 0 Å². The Morgan fingerprint density at radius 1 is 1.00 bits per heavy atom. The molecular formula is C25H32N2O5S. The van der Waals surface area contributed by atoms with Crippen LogP contribution in [0.4, 0.5) is 0 Å². The summed E-state index contributed by atoms with van der Waals surface area (Å²) < 4.78 is 33.7. The Balaban J connectivity index is 1.71. The topological polar surface area (TPSA) is 84.0 Å². The van der Waals surface area contributed by atoms with Crippen molar-refractivity contribution in [1.29, 1.82) is 0 Å². The zero-order valence-corrected chi connectivity index (χ0v) is 20.7. The van der Waals surface area contributed by atoms with Crippen LogP contribution in [0.15, 0.2) is 47.4 Å². The molecule has 1 saturated heterocycles. The van der Waals surface area contributed by atoms with E-state index >= 15 is 0 Å². The number of piperidine rings is 1. The quantitative estimate of drug-likeness (QED) is 0.602. The van der Waals surface area contributed by atoms with E-state index in [0.29, 0.717) is 23.3 Å². The fourth-order valence-electron chi connectivity index (χ4n) is 4.37. The minimum atomic E-state index is -3.66. The minimum absolute atomic E-state index is 0.229. The molecule has 8 heteroatoms. The molecule has 1 heterocycles. The number of sulfonamides is 1. The number of hydrogen-bond donors (Lipinski definition) is 0. The van der Waals surface area contributed by atoms with Gasteiger partial charge in [-0.15, -0.1) is 0 Å². The van der Waals surface area contributed by atoms with Crippen molar-refractivity contribution in [2.45, 2.75) is 44.6 Å². The van der Waals surface area contributed by atoms with Crippen LogP contribution in [-0.2, 0) is 24.3 Å². The maximum Gasteiger partial charge on any atom is 0.310 e. The van der Waals surface area contributed by atoms with Crippen molar-refractivity contribution in [3.05, 3.63) is 64.7 Å². The molecule has 1 aliphatic rings. The Labute approximate surface area is 196 Å². The van der Waals surface area contributed by atoms with Gasteiger partial charge in [-0.3, -0.25) is 9.59 Å². The molecule has 0 N–H and O–H groups in total. The maximum absolute atomic E-state index is 13.3. The van der Waals surface area contributed by atoms with E-state index in [-0.39, 0.29) is 19.0 Å². The molecule has 1 aliphatic heterocycles. The number of benzene rings is 2. The SMILES string of the molecule is Cc1cc(C)c(S(=O)(=O)N2CCC(C(=O)OC(C(=O)N(C)C)c3ccccc3)CC2)c(C)c1. The summed E-state index contributed by atoms with van der Waals surface area (Å²) in [5, 5.41) is 0. The smallest absolute Gasteiger partial charge is 0.310 e. The average molecular weight is 473 g/mol. The van der Waals surface area contributed by atoms with Crippen LogP contribution in [0.25, 0.3) is 0 Å². The maximum atomic E-state index is 13.3. The highest BCUT2D eigenvalue weighted by Crippen LogP contribution is 2.30. The van der Waals surface area contributed by atoms with E-state index in [1.54, 1.807) is 38.4 Å². The van der Waals surface area contributed by atoms with E-state index in [0.717, 1.165) is 16.7 Å². The highest BCUT2D eigenvalue weighted by molar-refractivity contribution is 7.89. The molecule has 2 aromatic carbocycles. The summed E-state index contributed by atoms with van der Waals surface area (Å²) >= 11 is 0. The van der Waals surface area contributed by atoms with Crippen LogP contribution in [0.1, 0.15) is 41.2 Å². The molecule has 0 spiro atoms. The van der Waals surface area contributed by atoms with Crippen LogP contribution in [0.5, 0.6) is 0 Å². The molecule has 178 valence electrons. The summed E-state index contributed by atoms with van der Waals surface area (Å²) in [6, 6.07) is 12.7. The summed E-state index contributed by atoms with van der Waals surface area (Å²) in [5.41, 5.74) is 3.07. The molecule has 0 bridgehead atoms. The van der Waals surface area contributed by atoms with Gasteiger partial charge in [-0.2, -0.15) is 4.31 Å². The van der Waals surface area contributed by atoms with Gasteiger partial charge in [-0.05, 0) is 44.7 Å². The number of rotatable bonds is 6. The lowest BCUT2D eigenvalue weighted by Gasteiger charge is -2.32. The standard InChI is InChI=1S/C25H32N2O5S/c1-17-15-18(2)23(19(3)16-17)33(30,31)27-13-11-21(12-14-27)25(29)32-22(24(28)26(4)5)20-9-7-6-8-10-20/h6-10,15-16,21-22H,11-14H2,1-5H3. The summed E-state index contributed by atoms with van der Waals surface area (Å²) in [4.78, 5) is 27.3. The van der Waals surface area contributed by atoms with Gasteiger partial charge in [-0.1, -0.05) is 48.0 Å². The second-order valence-corrected chi connectivity index (χ2v) is 10.7. The van der Waals surface area contributed by atoms with Crippen molar-refractivity contribution >= 4 is 21.9 Å². The van der Waals surface area contributed by atoms with Crippen molar-refractivity contribution < 1.29 is 22.7 Å². The number of aryl methyl sites for hydroxylation is 3.